The average molecular weight is 517 g/mol. The third-order valence-corrected chi connectivity index (χ3v) is 5.84. The number of hydrogen-bond donors (Lipinski definition) is 2. The minimum Gasteiger partial charge on any atom is -0.421 e. The third-order valence-electron chi connectivity index (χ3n) is 4.93. The molecule has 1 aliphatic heterocycles. The maximum Gasteiger partial charge on any atom is 0.343 e. The van der Waals surface area contributed by atoms with Gasteiger partial charge in [-0.25, -0.2) is 9.69 Å². The molecule has 0 radical (unpaired) electrons. The highest BCUT2D eigenvalue weighted by atomic mass is 35.5. The summed E-state index contributed by atoms with van der Waals surface area (Å²) in [4.78, 5) is 38.9. The summed E-state index contributed by atoms with van der Waals surface area (Å²) >= 11 is 18.3. The standard InChI is InChI=1S/C24H16Cl3N3O4/c1-12-2-9-19(17(28)10-12)34-24(33)13-3-6-15(7-4-13)29-21-20(27)22(31)30(23(21)32)18-11-14(25)5-8-16(18)26/h2-11,29H,28H2,1H3. The van der Waals surface area contributed by atoms with E-state index in [-0.39, 0.29) is 32.8 Å². The Kier molecular flexibility index (Phi) is 6.52. The molecule has 1 heterocycles. The highest BCUT2D eigenvalue weighted by Gasteiger charge is 2.40. The number of nitrogens with two attached hydrogens (primary N) is 1. The van der Waals surface area contributed by atoms with E-state index < -0.39 is 17.8 Å². The van der Waals surface area contributed by atoms with Gasteiger partial charge in [0.15, 0.2) is 5.75 Å². The normalized spacial score (nSPS) is 13.5. The largest absolute Gasteiger partial charge is 0.421 e. The number of carbonyl (C=O) groups is 3. The van der Waals surface area contributed by atoms with Crippen molar-refractivity contribution in [2.75, 3.05) is 16.0 Å². The Balaban J connectivity index is 1.50. The smallest absolute Gasteiger partial charge is 0.343 e. The van der Waals surface area contributed by atoms with Gasteiger partial charge >= 0.3 is 5.97 Å². The van der Waals surface area contributed by atoms with E-state index in [9.17, 15) is 14.4 Å². The lowest BCUT2D eigenvalue weighted by Crippen LogP contribution is -2.32. The van der Waals surface area contributed by atoms with Crippen LogP contribution in [0.3, 0.4) is 0 Å². The number of nitrogen functional groups attached to an aromatic ring is 1. The lowest BCUT2D eigenvalue weighted by atomic mass is 10.2. The van der Waals surface area contributed by atoms with Crippen LogP contribution in [0.2, 0.25) is 10.0 Å². The van der Waals surface area contributed by atoms with Gasteiger partial charge in [-0.2, -0.15) is 0 Å². The van der Waals surface area contributed by atoms with Gasteiger partial charge in [-0.15, -0.1) is 0 Å². The first-order chi connectivity index (χ1) is 16.2. The molecular weight excluding hydrogens is 501 g/mol. The van der Waals surface area contributed by atoms with E-state index in [1.165, 1.54) is 30.3 Å². The summed E-state index contributed by atoms with van der Waals surface area (Å²) in [7, 11) is 0. The van der Waals surface area contributed by atoms with Crippen LogP contribution in [-0.2, 0) is 9.59 Å². The lowest BCUT2D eigenvalue weighted by molar-refractivity contribution is -0.120. The van der Waals surface area contributed by atoms with Crippen molar-refractivity contribution in [1.82, 2.24) is 0 Å². The molecule has 0 atom stereocenters. The van der Waals surface area contributed by atoms with Crippen LogP contribution >= 0.6 is 34.8 Å². The summed E-state index contributed by atoms with van der Waals surface area (Å²) in [5.74, 6) is -1.79. The number of nitrogens with one attached hydrogen (secondary N) is 1. The second-order valence-corrected chi connectivity index (χ2v) is 8.59. The average Bonchev–Trinajstić information content (AvgIpc) is 3.01. The molecule has 0 bridgehead atoms. The maximum atomic E-state index is 12.9. The molecule has 3 N–H and O–H groups in total. The maximum absolute atomic E-state index is 12.9. The molecular formula is C24H16Cl3N3O4. The molecule has 0 saturated carbocycles. The number of rotatable bonds is 5. The quantitative estimate of drug-likeness (QED) is 0.200. The molecule has 4 rings (SSSR count). The van der Waals surface area contributed by atoms with Crippen LogP contribution < -0.4 is 20.7 Å². The van der Waals surface area contributed by atoms with Crippen LogP contribution in [-0.4, -0.2) is 17.8 Å². The fourth-order valence-corrected chi connectivity index (χ4v) is 3.82. The van der Waals surface area contributed by atoms with Crippen LogP contribution in [0.4, 0.5) is 17.1 Å². The number of amides is 2. The van der Waals surface area contributed by atoms with Crippen LogP contribution in [0.25, 0.3) is 0 Å². The van der Waals surface area contributed by atoms with Gasteiger partial charge in [-0.3, -0.25) is 9.59 Å². The lowest BCUT2D eigenvalue weighted by Gasteiger charge is -2.17. The van der Waals surface area contributed by atoms with Crippen molar-refractivity contribution in [3.05, 3.63) is 92.6 Å². The minimum absolute atomic E-state index is 0.118. The van der Waals surface area contributed by atoms with Gasteiger partial charge in [0, 0.05) is 10.7 Å². The molecule has 0 aromatic heterocycles. The zero-order valence-electron chi connectivity index (χ0n) is 17.6. The molecule has 10 heteroatoms. The van der Waals surface area contributed by atoms with Gasteiger partial charge in [0.1, 0.15) is 10.7 Å². The summed E-state index contributed by atoms with van der Waals surface area (Å²) in [5.41, 5.74) is 7.84. The molecule has 0 unspecified atom stereocenters. The van der Waals surface area contributed by atoms with Gasteiger partial charge in [-0.1, -0.05) is 40.9 Å². The molecule has 0 fully saturated rings. The van der Waals surface area contributed by atoms with Gasteiger partial charge in [0.2, 0.25) is 0 Å². The van der Waals surface area contributed by atoms with E-state index in [1.54, 1.807) is 30.3 Å². The fourth-order valence-electron chi connectivity index (χ4n) is 3.24. The number of esters is 1. The van der Waals surface area contributed by atoms with Gasteiger partial charge in [0.25, 0.3) is 11.8 Å². The number of anilines is 3. The molecule has 3 aromatic carbocycles. The molecule has 172 valence electrons. The van der Waals surface area contributed by atoms with Crippen LogP contribution in [0, 0.1) is 6.92 Å². The topological polar surface area (TPSA) is 102 Å². The Morgan fingerprint density at radius 2 is 1.65 bits per heavy atom. The summed E-state index contributed by atoms with van der Waals surface area (Å²) in [6.07, 6.45) is 0. The van der Waals surface area contributed by atoms with E-state index in [4.69, 9.17) is 45.3 Å². The molecule has 7 nitrogen and oxygen atoms in total. The van der Waals surface area contributed by atoms with Crippen molar-refractivity contribution in [2.45, 2.75) is 6.92 Å². The SMILES string of the molecule is Cc1ccc(OC(=O)c2ccc(NC3=C(Cl)C(=O)N(c4cc(Cl)ccc4Cl)C3=O)cc2)c(N)c1. The van der Waals surface area contributed by atoms with Crippen LogP contribution in [0.15, 0.2) is 71.4 Å². The highest BCUT2D eigenvalue weighted by molar-refractivity contribution is 6.54. The van der Waals surface area contributed by atoms with E-state index in [0.29, 0.717) is 16.4 Å². The fraction of sp³-hybridized carbons (Fsp3) is 0.0417. The number of imide groups is 1. The van der Waals surface area contributed by atoms with Gasteiger partial charge in [0.05, 0.1) is 22.0 Å². The Labute approximate surface area is 209 Å². The van der Waals surface area contributed by atoms with E-state index >= 15 is 0 Å². The second-order valence-electron chi connectivity index (χ2n) is 7.36. The number of ether oxygens (including phenoxy) is 1. The van der Waals surface area contributed by atoms with Gasteiger partial charge < -0.3 is 15.8 Å². The van der Waals surface area contributed by atoms with E-state index in [1.807, 2.05) is 6.92 Å². The van der Waals surface area contributed by atoms with Crippen LogP contribution in [0.5, 0.6) is 5.75 Å². The predicted molar refractivity (Wildman–Crippen MR) is 132 cm³/mol. The van der Waals surface area contributed by atoms with Crippen molar-refractivity contribution in [3.8, 4) is 5.75 Å². The molecule has 0 spiro atoms. The minimum atomic E-state index is -0.741. The summed E-state index contributed by atoms with van der Waals surface area (Å²) < 4.78 is 5.35. The van der Waals surface area contributed by atoms with Crippen molar-refractivity contribution in [2.24, 2.45) is 0 Å². The molecule has 34 heavy (non-hydrogen) atoms. The summed E-state index contributed by atoms with van der Waals surface area (Å²) in [5, 5.41) is 2.98. The van der Waals surface area contributed by atoms with Crippen molar-refractivity contribution < 1.29 is 19.1 Å². The zero-order valence-corrected chi connectivity index (χ0v) is 19.8. The van der Waals surface area contributed by atoms with Crippen molar-refractivity contribution >= 4 is 69.6 Å². The summed E-state index contributed by atoms with van der Waals surface area (Å²) in [6.45, 7) is 1.88. The molecule has 3 aromatic rings. The molecule has 2 amide bonds. The molecule has 0 aliphatic carbocycles. The highest BCUT2D eigenvalue weighted by Crippen LogP contribution is 2.36. The van der Waals surface area contributed by atoms with E-state index in [0.717, 1.165) is 10.5 Å². The zero-order chi connectivity index (χ0) is 24.6. The van der Waals surface area contributed by atoms with Gasteiger partial charge in [-0.05, 0) is 67.1 Å². The number of benzene rings is 3. The Bertz CT molecular complexity index is 1370. The Morgan fingerprint density at radius 3 is 2.32 bits per heavy atom. The van der Waals surface area contributed by atoms with Crippen LogP contribution in [0.1, 0.15) is 15.9 Å². The first-order valence-corrected chi connectivity index (χ1v) is 11.0. The molecule has 1 aliphatic rings. The first kappa shape index (κ1) is 23.6. The van der Waals surface area contributed by atoms with Crippen molar-refractivity contribution in [3.63, 3.8) is 0 Å². The summed E-state index contributed by atoms with van der Waals surface area (Å²) in [6, 6.07) is 15.6. The number of carbonyl (C=O) groups excluding carboxylic acids is 3. The Hall–Kier alpha value is -3.52. The third kappa shape index (κ3) is 4.59. The monoisotopic (exact) mass is 515 g/mol. The van der Waals surface area contributed by atoms with Crippen molar-refractivity contribution in [1.29, 1.82) is 0 Å². The predicted octanol–water partition coefficient (Wildman–Crippen LogP) is 5.54. The van der Waals surface area contributed by atoms with E-state index in [2.05, 4.69) is 5.32 Å². The first-order valence-electron chi connectivity index (χ1n) is 9.84. The number of hydrogen-bond acceptors (Lipinski definition) is 6. The number of nitrogens with zero attached hydrogens (tertiary/aromatic N) is 1. The molecule has 0 saturated heterocycles. The Morgan fingerprint density at radius 1 is 0.941 bits per heavy atom. The second kappa shape index (κ2) is 9.38. The number of aryl methyl sites for hydroxylation is 1. The number of halogens is 3.